The number of halogens is 2. The zero-order chi connectivity index (χ0) is 15.9. The van der Waals surface area contributed by atoms with Gasteiger partial charge in [-0.2, -0.15) is 0 Å². The summed E-state index contributed by atoms with van der Waals surface area (Å²) in [6.45, 7) is 1.76. The van der Waals surface area contributed by atoms with E-state index >= 15 is 0 Å². The van der Waals surface area contributed by atoms with Crippen LogP contribution in [0.25, 0.3) is 0 Å². The zero-order valence-electron chi connectivity index (χ0n) is 13.5. The first-order chi connectivity index (χ1) is 10.5. The number of fused-ring (bicyclic) bond motifs is 2. The molecule has 1 aromatic carbocycles. The van der Waals surface area contributed by atoms with Crippen molar-refractivity contribution in [3.63, 3.8) is 0 Å². The van der Waals surface area contributed by atoms with Crippen molar-refractivity contribution in [1.82, 2.24) is 4.90 Å². The number of carbonyl (C=O) groups is 1. The number of carbonyl (C=O) groups excluding carboxylic acids is 1. The molecule has 2 aliphatic rings. The third-order valence-electron chi connectivity index (χ3n) is 5.39. The van der Waals surface area contributed by atoms with Crippen LogP contribution in [0, 0.1) is 17.7 Å². The summed E-state index contributed by atoms with van der Waals surface area (Å²) in [6, 6.07) is 4.37. The number of nitrogens with two attached hydrogens (primary N) is 1. The Morgan fingerprint density at radius 3 is 2.48 bits per heavy atom. The molecule has 1 aromatic rings. The standard InChI is InChI=1S/C17H23FN2O2.ClH/c1-20-9-12-4-3-5-13(10-20)17(12,22-2)14-8-11(16(19)21)6-7-15(14)18;/h6-8,12-13H,3-5,9-10H2,1-2H3,(H2,19,21);1H. The summed E-state index contributed by atoms with van der Waals surface area (Å²) in [6.07, 6.45) is 3.16. The molecule has 0 radical (unpaired) electrons. The Balaban J connectivity index is 0.00000192. The topological polar surface area (TPSA) is 55.6 Å². The third-order valence-corrected chi connectivity index (χ3v) is 5.39. The van der Waals surface area contributed by atoms with Crippen molar-refractivity contribution in [2.75, 3.05) is 27.2 Å². The number of methoxy groups -OCH3 is 1. The molecule has 2 fully saturated rings. The zero-order valence-corrected chi connectivity index (χ0v) is 14.4. The molecule has 1 aliphatic carbocycles. The SMILES string of the molecule is COC1(c2cc(C(N)=O)ccc2F)C2CCCC1CN(C)C2.Cl. The first-order valence-electron chi connectivity index (χ1n) is 7.82. The summed E-state index contributed by atoms with van der Waals surface area (Å²) in [5.74, 6) is -0.390. The molecule has 1 saturated heterocycles. The predicted molar refractivity (Wildman–Crippen MR) is 89.2 cm³/mol. The van der Waals surface area contributed by atoms with Crippen LogP contribution >= 0.6 is 12.4 Å². The highest BCUT2D eigenvalue weighted by atomic mass is 35.5. The van der Waals surface area contributed by atoms with Crippen LogP contribution in [0.4, 0.5) is 4.39 Å². The third kappa shape index (κ3) is 2.86. The van der Waals surface area contributed by atoms with Crippen LogP contribution < -0.4 is 5.73 Å². The second-order valence-corrected chi connectivity index (χ2v) is 6.60. The Labute approximate surface area is 142 Å². The number of nitrogens with zero attached hydrogens (tertiary/aromatic N) is 1. The quantitative estimate of drug-likeness (QED) is 0.918. The lowest BCUT2D eigenvalue weighted by Gasteiger charge is -2.54. The number of primary amides is 1. The molecular weight excluding hydrogens is 319 g/mol. The van der Waals surface area contributed by atoms with Gasteiger partial charge in [-0.25, -0.2) is 4.39 Å². The highest BCUT2D eigenvalue weighted by molar-refractivity contribution is 5.93. The number of ether oxygens (including phenoxy) is 1. The van der Waals surface area contributed by atoms with E-state index in [1.807, 2.05) is 0 Å². The molecule has 3 rings (SSSR count). The Hall–Kier alpha value is -1.17. The number of rotatable bonds is 3. The van der Waals surface area contributed by atoms with Gasteiger partial charge in [0, 0.05) is 43.2 Å². The van der Waals surface area contributed by atoms with Gasteiger partial charge in [0.15, 0.2) is 0 Å². The molecule has 23 heavy (non-hydrogen) atoms. The summed E-state index contributed by atoms with van der Waals surface area (Å²) in [4.78, 5) is 13.8. The van der Waals surface area contributed by atoms with Gasteiger partial charge in [-0.15, -0.1) is 12.4 Å². The van der Waals surface area contributed by atoms with Gasteiger partial charge >= 0.3 is 0 Å². The lowest BCUT2D eigenvalue weighted by atomic mass is 9.62. The monoisotopic (exact) mass is 342 g/mol. The van der Waals surface area contributed by atoms with E-state index in [0.717, 1.165) is 32.4 Å². The van der Waals surface area contributed by atoms with Crippen LogP contribution in [-0.2, 0) is 10.3 Å². The van der Waals surface area contributed by atoms with Gasteiger partial charge in [-0.3, -0.25) is 4.79 Å². The molecule has 2 N–H and O–H groups in total. The van der Waals surface area contributed by atoms with Crippen molar-refractivity contribution < 1.29 is 13.9 Å². The lowest BCUT2D eigenvalue weighted by Crippen LogP contribution is -2.58. The maximum absolute atomic E-state index is 14.6. The summed E-state index contributed by atoms with van der Waals surface area (Å²) < 4.78 is 20.6. The lowest BCUT2D eigenvalue weighted by molar-refractivity contribution is -0.167. The summed E-state index contributed by atoms with van der Waals surface area (Å²) >= 11 is 0. The van der Waals surface area contributed by atoms with E-state index < -0.39 is 11.5 Å². The number of hydrogen-bond acceptors (Lipinski definition) is 3. The van der Waals surface area contributed by atoms with E-state index in [-0.39, 0.29) is 30.1 Å². The van der Waals surface area contributed by atoms with Gasteiger partial charge < -0.3 is 15.4 Å². The molecule has 4 nitrogen and oxygen atoms in total. The van der Waals surface area contributed by atoms with E-state index in [0.29, 0.717) is 11.1 Å². The minimum atomic E-state index is -0.652. The molecule has 6 heteroatoms. The summed E-state index contributed by atoms with van der Waals surface area (Å²) in [5, 5.41) is 0. The molecule has 1 amide bonds. The molecular formula is C17H24ClFN2O2. The van der Waals surface area contributed by atoms with Crippen LogP contribution in [-0.4, -0.2) is 38.1 Å². The van der Waals surface area contributed by atoms with E-state index in [4.69, 9.17) is 10.5 Å². The van der Waals surface area contributed by atoms with Gasteiger partial charge in [-0.05, 0) is 38.1 Å². The number of likely N-dealkylation sites (tertiary alicyclic amines) is 1. The fourth-order valence-corrected chi connectivity index (χ4v) is 4.51. The van der Waals surface area contributed by atoms with Gasteiger partial charge in [0.05, 0.1) is 0 Å². The summed E-state index contributed by atoms with van der Waals surface area (Å²) in [7, 11) is 3.76. The van der Waals surface area contributed by atoms with E-state index in [9.17, 15) is 9.18 Å². The Morgan fingerprint density at radius 1 is 1.35 bits per heavy atom. The normalized spacial score (nSPS) is 30.6. The average molecular weight is 343 g/mol. The molecule has 1 aliphatic heterocycles. The maximum atomic E-state index is 14.6. The van der Waals surface area contributed by atoms with E-state index in [1.54, 1.807) is 13.2 Å². The van der Waals surface area contributed by atoms with Crippen LogP contribution in [0.2, 0.25) is 0 Å². The second-order valence-electron chi connectivity index (χ2n) is 6.60. The Kier molecular flexibility index (Phi) is 5.33. The molecule has 1 saturated carbocycles. The van der Waals surface area contributed by atoms with Crippen LogP contribution in [0.5, 0.6) is 0 Å². The first-order valence-corrected chi connectivity index (χ1v) is 7.82. The molecule has 128 valence electrons. The molecule has 2 bridgehead atoms. The van der Waals surface area contributed by atoms with Gasteiger partial charge in [0.2, 0.25) is 5.91 Å². The number of amides is 1. The average Bonchev–Trinajstić information content (AvgIpc) is 2.47. The van der Waals surface area contributed by atoms with Crippen molar-refractivity contribution >= 4 is 18.3 Å². The van der Waals surface area contributed by atoms with Crippen molar-refractivity contribution in [2.45, 2.75) is 24.9 Å². The molecule has 2 unspecified atom stereocenters. The van der Waals surface area contributed by atoms with Gasteiger partial charge in [0.1, 0.15) is 11.4 Å². The van der Waals surface area contributed by atoms with Gasteiger partial charge in [-0.1, -0.05) is 6.42 Å². The van der Waals surface area contributed by atoms with Gasteiger partial charge in [0.25, 0.3) is 0 Å². The van der Waals surface area contributed by atoms with E-state index in [1.165, 1.54) is 12.1 Å². The first kappa shape index (κ1) is 18.2. The minimum Gasteiger partial charge on any atom is -0.373 e. The molecule has 0 aromatic heterocycles. The summed E-state index contributed by atoms with van der Waals surface area (Å²) in [5.41, 5.74) is 5.55. The number of hydrogen-bond donors (Lipinski definition) is 1. The van der Waals surface area contributed by atoms with Crippen molar-refractivity contribution in [3.8, 4) is 0 Å². The largest absolute Gasteiger partial charge is 0.373 e. The fourth-order valence-electron chi connectivity index (χ4n) is 4.51. The van der Waals surface area contributed by atoms with Crippen LogP contribution in [0.1, 0.15) is 35.2 Å². The van der Waals surface area contributed by atoms with Crippen molar-refractivity contribution in [3.05, 3.63) is 35.1 Å². The smallest absolute Gasteiger partial charge is 0.248 e. The maximum Gasteiger partial charge on any atom is 0.248 e. The molecule has 1 heterocycles. The Morgan fingerprint density at radius 2 is 1.96 bits per heavy atom. The molecule has 2 atom stereocenters. The van der Waals surface area contributed by atoms with Crippen LogP contribution in [0.3, 0.4) is 0 Å². The highest BCUT2D eigenvalue weighted by Crippen LogP contribution is 2.51. The number of piperidine rings is 1. The number of benzene rings is 1. The van der Waals surface area contributed by atoms with Crippen LogP contribution in [0.15, 0.2) is 18.2 Å². The second kappa shape index (κ2) is 6.75. The Bertz CT molecular complexity index is 582. The predicted octanol–water partition coefficient (Wildman–Crippen LogP) is 2.55. The molecule has 0 spiro atoms. The fraction of sp³-hybridized carbons (Fsp3) is 0.588. The van der Waals surface area contributed by atoms with Crippen molar-refractivity contribution in [2.24, 2.45) is 17.6 Å². The van der Waals surface area contributed by atoms with Crippen molar-refractivity contribution in [1.29, 1.82) is 0 Å². The highest BCUT2D eigenvalue weighted by Gasteiger charge is 2.53. The minimum absolute atomic E-state index is 0. The van der Waals surface area contributed by atoms with E-state index in [2.05, 4.69) is 11.9 Å².